The lowest BCUT2D eigenvalue weighted by molar-refractivity contribution is 0.0854. The number of ketones is 1. The van der Waals surface area contributed by atoms with E-state index >= 15 is 0 Å². The zero-order valence-electron chi connectivity index (χ0n) is 13.8. The van der Waals surface area contributed by atoms with Crippen LogP contribution in [0.4, 0.5) is 4.39 Å². The van der Waals surface area contributed by atoms with Gasteiger partial charge in [0.05, 0.1) is 6.54 Å². The molecule has 0 unspecified atom stereocenters. The largest absolute Gasteiger partial charge is 0.300 e. The number of benzene rings is 2. The van der Waals surface area contributed by atoms with E-state index in [0.717, 1.165) is 39.1 Å². The van der Waals surface area contributed by atoms with E-state index in [1.165, 1.54) is 17.7 Å². The van der Waals surface area contributed by atoms with Crippen LogP contribution in [0.2, 0.25) is 0 Å². The summed E-state index contributed by atoms with van der Waals surface area (Å²) < 4.78 is 12.9. The summed E-state index contributed by atoms with van der Waals surface area (Å²) in [5.41, 5.74) is 1.95. The van der Waals surface area contributed by atoms with Crippen molar-refractivity contribution in [3.63, 3.8) is 0 Å². The third-order valence-corrected chi connectivity index (χ3v) is 4.56. The Morgan fingerprint density at radius 3 is 2.17 bits per heavy atom. The first-order valence-electron chi connectivity index (χ1n) is 8.48. The molecule has 0 saturated carbocycles. The number of Topliss-reactive ketones (excluding diaryl/α,β-unsaturated/α-hetero) is 1. The first kappa shape index (κ1) is 16.8. The van der Waals surface area contributed by atoms with Gasteiger partial charge in [-0.2, -0.15) is 0 Å². The molecule has 2 aromatic carbocycles. The monoisotopic (exact) mass is 326 g/mol. The summed E-state index contributed by atoms with van der Waals surface area (Å²) in [5.74, 6) is -0.244. The average Bonchev–Trinajstić information content (AvgIpc) is 2.62. The fourth-order valence-electron chi connectivity index (χ4n) is 3.03. The number of carbonyl (C=O) groups excluding carboxylic acids is 1. The smallest absolute Gasteiger partial charge is 0.176 e. The van der Waals surface area contributed by atoms with Crippen molar-refractivity contribution in [2.45, 2.75) is 6.42 Å². The molecule has 1 heterocycles. The van der Waals surface area contributed by atoms with Gasteiger partial charge in [0.15, 0.2) is 5.78 Å². The van der Waals surface area contributed by atoms with Crippen molar-refractivity contribution >= 4 is 5.78 Å². The van der Waals surface area contributed by atoms with Crippen LogP contribution in [0.15, 0.2) is 54.6 Å². The highest BCUT2D eigenvalue weighted by molar-refractivity contribution is 5.97. The minimum Gasteiger partial charge on any atom is -0.300 e. The highest BCUT2D eigenvalue weighted by atomic mass is 19.1. The first-order chi connectivity index (χ1) is 11.7. The molecule has 4 heteroatoms. The average molecular weight is 326 g/mol. The maximum absolute atomic E-state index is 12.9. The third-order valence-electron chi connectivity index (χ3n) is 4.56. The second-order valence-corrected chi connectivity index (χ2v) is 6.28. The Kier molecular flexibility index (Phi) is 5.72. The van der Waals surface area contributed by atoms with Crippen LogP contribution >= 0.6 is 0 Å². The van der Waals surface area contributed by atoms with Gasteiger partial charge in [0.25, 0.3) is 0 Å². The minimum absolute atomic E-state index is 0.0627. The van der Waals surface area contributed by atoms with Crippen LogP contribution in [0, 0.1) is 5.82 Å². The molecule has 0 atom stereocenters. The van der Waals surface area contributed by atoms with Crippen molar-refractivity contribution in [3.05, 3.63) is 71.5 Å². The summed E-state index contributed by atoms with van der Waals surface area (Å²) >= 11 is 0. The highest BCUT2D eigenvalue weighted by Gasteiger charge is 2.19. The Labute approximate surface area is 142 Å². The third kappa shape index (κ3) is 4.73. The van der Waals surface area contributed by atoms with E-state index in [2.05, 4.69) is 34.1 Å². The van der Waals surface area contributed by atoms with Crippen LogP contribution in [0.5, 0.6) is 0 Å². The van der Waals surface area contributed by atoms with Crippen LogP contribution in [0.1, 0.15) is 15.9 Å². The summed E-state index contributed by atoms with van der Waals surface area (Å²) in [7, 11) is 0. The molecule has 1 aliphatic heterocycles. The molecule has 0 spiro atoms. The molecule has 2 aromatic rings. The zero-order chi connectivity index (χ0) is 16.8. The molecule has 0 N–H and O–H groups in total. The van der Waals surface area contributed by atoms with Crippen molar-refractivity contribution in [2.24, 2.45) is 0 Å². The van der Waals surface area contributed by atoms with E-state index in [0.29, 0.717) is 12.1 Å². The van der Waals surface area contributed by atoms with Crippen molar-refractivity contribution in [1.82, 2.24) is 9.80 Å². The lowest BCUT2D eigenvalue weighted by Crippen LogP contribution is -2.48. The number of piperazine rings is 1. The Bertz CT molecular complexity index is 649. The van der Waals surface area contributed by atoms with E-state index < -0.39 is 0 Å². The fourth-order valence-corrected chi connectivity index (χ4v) is 3.03. The van der Waals surface area contributed by atoms with E-state index in [9.17, 15) is 9.18 Å². The SMILES string of the molecule is O=C(CN1CCN(CCc2ccccc2)CC1)c1ccc(F)cc1. The van der Waals surface area contributed by atoms with Crippen LogP contribution in [-0.4, -0.2) is 54.9 Å². The van der Waals surface area contributed by atoms with Gasteiger partial charge in [0.1, 0.15) is 5.82 Å². The normalized spacial score (nSPS) is 16.2. The predicted molar refractivity (Wildman–Crippen MR) is 93.8 cm³/mol. The standard InChI is InChI=1S/C20H23FN2O/c21-19-8-6-18(7-9-19)20(24)16-23-14-12-22(13-15-23)11-10-17-4-2-1-3-5-17/h1-9H,10-16H2. The number of halogens is 1. The molecule has 0 aliphatic carbocycles. The van der Waals surface area contributed by atoms with Gasteiger partial charge in [-0.3, -0.25) is 9.69 Å². The molecular formula is C20H23FN2O. The number of rotatable bonds is 6. The molecule has 24 heavy (non-hydrogen) atoms. The van der Waals surface area contributed by atoms with E-state index in [1.54, 1.807) is 12.1 Å². The van der Waals surface area contributed by atoms with Gasteiger partial charge in [-0.1, -0.05) is 30.3 Å². The molecule has 126 valence electrons. The molecule has 0 aromatic heterocycles. The molecule has 0 amide bonds. The highest BCUT2D eigenvalue weighted by Crippen LogP contribution is 2.08. The quantitative estimate of drug-likeness (QED) is 0.763. The molecule has 0 bridgehead atoms. The minimum atomic E-state index is -0.307. The fraction of sp³-hybridized carbons (Fsp3) is 0.350. The molecule has 0 radical (unpaired) electrons. The van der Waals surface area contributed by atoms with Crippen LogP contribution in [-0.2, 0) is 6.42 Å². The van der Waals surface area contributed by atoms with Crippen molar-refractivity contribution in [3.8, 4) is 0 Å². The lowest BCUT2D eigenvalue weighted by atomic mass is 10.1. The number of hydrogen-bond donors (Lipinski definition) is 0. The molecule has 3 nitrogen and oxygen atoms in total. The Morgan fingerprint density at radius 2 is 1.50 bits per heavy atom. The van der Waals surface area contributed by atoms with Gasteiger partial charge in [-0.15, -0.1) is 0 Å². The van der Waals surface area contributed by atoms with Crippen molar-refractivity contribution in [2.75, 3.05) is 39.3 Å². The maximum atomic E-state index is 12.9. The number of carbonyl (C=O) groups is 1. The molecular weight excluding hydrogens is 303 g/mol. The zero-order valence-corrected chi connectivity index (χ0v) is 13.8. The van der Waals surface area contributed by atoms with Gasteiger partial charge in [-0.05, 0) is 36.2 Å². The van der Waals surface area contributed by atoms with Gasteiger partial charge in [0.2, 0.25) is 0 Å². The Balaban J connectivity index is 1.42. The van der Waals surface area contributed by atoms with Crippen LogP contribution < -0.4 is 0 Å². The van der Waals surface area contributed by atoms with Gasteiger partial charge in [-0.25, -0.2) is 4.39 Å². The summed E-state index contributed by atoms with van der Waals surface area (Å²) in [5, 5.41) is 0. The topological polar surface area (TPSA) is 23.6 Å². The summed E-state index contributed by atoms with van der Waals surface area (Å²) in [6, 6.07) is 16.3. The van der Waals surface area contributed by atoms with Gasteiger partial charge in [0, 0.05) is 38.3 Å². The molecule has 1 saturated heterocycles. The van der Waals surface area contributed by atoms with E-state index in [4.69, 9.17) is 0 Å². The lowest BCUT2D eigenvalue weighted by Gasteiger charge is -2.34. The van der Waals surface area contributed by atoms with Crippen LogP contribution in [0.3, 0.4) is 0 Å². The predicted octanol–water partition coefficient (Wildman–Crippen LogP) is 2.87. The second kappa shape index (κ2) is 8.18. The summed E-state index contributed by atoms with van der Waals surface area (Å²) in [6.07, 6.45) is 1.06. The molecule has 1 fully saturated rings. The van der Waals surface area contributed by atoms with E-state index in [-0.39, 0.29) is 11.6 Å². The van der Waals surface area contributed by atoms with Crippen LogP contribution in [0.25, 0.3) is 0 Å². The maximum Gasteiger partial charge on any atom is 0.176 e. The summed E-state index contributed by atoms with van der Waals surface area (Å²) in [4.78, 5) is 16.9. The number of nitrogens with zero attached hydrogens (tertiary/aromatic N) is 2. The second-order valence-electron chi connectivity index (χ2n) is 6.28. The summed E-state index contributed by atoms with van der Waals surface area (Å²) in [6.45, 7) is 5.26. The van der Waals surface area contributed by atoms with E-state index in [1.807, 2.05) is 6.07 Å². The van der Waals surface area contributed by atoms with Crippen molar-refractivity contribution in [1.29, 1.82) is 0 Å². The molecule has 1 aliphatic rings. The number of hydrogen-bond acceptors (Lipinski definition) is 3. The molecule has 3 rings (SSSR count). The van der Waals surface area contributed by atoms with Gasteiger partial charge < -0.3 is 4.90 Å². The van der Waals surface area contributed by atoms with Gasteiger partial charge >= 0.3 is 0 Å². The Morgan fingerprint density at radius 1 is 0.875 bits per heavy atom. The Hall–Kier alpha value is -2.04. The van der Waals surface area contributed by atoms with Crippen molar-refractivity contribution < 1.29 is 9.18 Å². The first-order valence-corrected chi connectivity index (χ1v) is 8.48.